The molecule has 0 amide bonds. The average Bonchev–Trinajstić information content (AvgIpc) is 2.20. The Balaban J connectivity index is 3.13. The predicted molar refractivity (Wildman–Crippen MR) is 50.6 cm³/mol. The molecule has 5 heteroatoms. The Kier molecular flexibility index (Phi) is 3.64. The van der Waals surface area contributed by atoms with Crippen molar-refractivity contribution in [3.8, 4) is 11.9 Å². The van der Waals surface area contributed by atoms with Crippen LogP contribution in [0.15, 0.2) is 0 Å². The molecule has 1 rings (SSSR count). The summed E-state index contributed by atoms with van der Waals surface area (Å²) in [7, 11) is 4.69. The van der Waals surface area contributed by atoms with E-state index < -0.39 is 0 Å². The highest BCUT2D eigenvalue weighted by Crippen LogP contribution is 2.21. The average molecular weight is 198 g/mol. The summed E-state index contributed by atoms with van der Waals surface area (Å²) in [6.07, 6.45) is 0. The molecule has 5 nitrogen and oxygen atoms in total. The molecule has 0 saturated carbocycles. The molecular formula is C9H14N2O3. The van der Waals surface area contributed by atoms with Crippen molar-refractivity contribution >= 4 is 0 Å². The van der Waals surface area contributed by atoms with Crippen molar-refractivity contribution in [2.24, 2.45) is 0 Å². The molecule has 78 valence electrons. The monoisotopic (exact) mass is 198 g/mol. The van der Waals surface area contributed by atoms with Crippen LogP contribution in [-0.4, -0.2) is 31.3 Å². The second kappa shape index (κ2) is 4.76. The SMILES string of the molecule is COCc1c(C)nc(OC)nc1OC. The van der Waals surface area contributed by atoms with Crippen molar-refractivity contribution in [1.29, 1.82) is 0 Å². The van der Waals surface area contributed by atoms with Gasteiger partial charge in [-0.2, -0.15) is 9.97 Å². The molecule has 0 saturated heterocycles. The van der Waals surface area contributed by atoms with E-state index >= 15 is 0 Å². The quantitative estimate of drug-likeness (QED) is 0.721. The van der Waals surface area contributed by atoms with Crippen LogP contribution >= 0.6 is 0 Å². The summed E-state index contributed by atoms with van der Waals surface area (Å²) in [5.41, 5.74) is 1.64. The van der Waals surface area contributed by atoms with Gasteiger partial charge in [0.25, 0.3) is 0 Å². The Bertz CT molecular complexity index is 315. The van der Waals surface area contributed by atoms with Gasteiger partial charge in [-0.05, 0) is 6.92 Å². The number of hydrogen-bond acceptors (Lipinski definition) is 5. The van der Waals surface area contributed by atoms with Gasteiger partial charge in [0.2, 0.25) is 5.88 Å². The fraction of sp³-hybridized carbons (Fsp3) is 0.556. The highest BCUT2D eigenvalue weighted by Gasteiger charge is 2.11. The number of nitrogens with zero attached hydrogens (tertiary/aromatic N) is 2. The lowest BCUT2D eigenvalue weighted by Gasteiger charge is -2.10. The number of ether oxygens (including phenoxy) is 3. The number of rotatable bonds is 4. The summed E-state index contributed by atoms with van der Waals surface area (Å²) in [5, 5.41) is 0. The van der Waals surface area contributed by atoms with E-state index in [0.717, 1.165) is 11.3 Å². The zero-order valence-corrected chi connectivity index (χ0v) is 8.83. The van der Waals surface area contributed by atoms with Gasteiger partial charge in [0.1, 0.15) is 0 Å². The van der Waals surface area contributed by atoms with Crippen molar-refractivity contribution < 1.29 is 14.2 Å². The zero-order valence-electron chi connectivity index (χ0n) is 8.83. The van der Waals surface area contributed by atoms with Crippen LogP contribution in [0.1, 0.15) is 11.3 Å². The maximum atomic E-state index is 5.11. The van der Waals surface area contributed by atoms with Crippen LogP contribution in [0.5, 0.6) is 11.9 Å². The minimum Gasteiger partial charge on any atom is -0.481 e. The van der Waals surface area contributed by atoms with Crippen LogP contribution < -0.4 is 9.47 Å². The first-order valence-corrected chi connectivity index (χ1v) is 4.17. The standard InChI is InChI=1S/C9H14N2O3/c1-6-7(5-12-2)8(13-3)11-9(10-6)14-4/h5H2,1-4H3. The van der Waals surface area contributed by atoms with E-state index in [-0.39, 0.29) is 0 Å². The fourth-order valence-corrected chi connectivity index (χ4v) is 1.12. The van der Waals surface area contributed by atoms with Crippen LogP contribution in [0.3, 0.4) is 0 Å². The van der Waals surface area contributed by atoms with Crippen LogP contribution in [0, 0.1) is 6.92 Å². The van der Waals surface area contributed by atoms with Crippen molar-refractivity contribution in [3.63, 3.8) is 0 Å². The zero-order chi connectivity index (χ0) is 10.6. The highest BCUT2D eigenvalue weighted by atomic mass is 16.5. The predicted octanol–water partition coefficient (Wildman–Crippen LogP) is 0.949. The van der Waals surface area contributed by atoms with Crippen LogP contribution in [0.4, 0.5) is 0 Å². The van der Waals surface area contributed by atoms with Crippen LogP contribution in [-0.2, 0) is 11.3 Å². The summed E-state index contributed by atoms with van der Waals surface area (Å²) < 4.78 is 15.1. The van der Waals surface area contributed by atoms with Gasteiger partial charge in [-0.15, -0.1) is 0 Å². The van der Waals surface area contributed by atoms with Crippen molar-refractivity contribution in [1.82, 2.24) is 9.97 Å². The largest absolute Gasteiger partial charge is 0.481 e. The van der Waals surface area contributed by atoms with E-state index in [1.54, 1.807) is 14.2 Å². The number of aryl methyl sites for hydroxylation is 1. The number of methoxy groups -OCH3 is 3. The first kappa shape index (κ1) is 10.7. The maximum absolute atomic E-state index is 5.11. The Labute approximate surface area is 83.0 Å². The van der Waals surface area contributed by atoms with Gasteiger partial charge in [-0.1, -0.05) is 0 Å². The van der Waals surface area contributed by atoms with Gasteiger partial charge in [0.15, 0.2) is 0 Å². The van der Waals surface area contributed by atoms with Gasteiger partial charge in [-0.3, -0.25) is 0 Å². The molecule has 0 atom stereocenters. The number of aromatic nitrogens is 2. The Morgan fingerprint density at radius 3 is 2.29 bits per heavy atom. The molecule has 0 unspecified atom stereocenters. The Morgan fingerprint density at radius 1 is 1.07 bits per heavy atom. The van der Waals surface area contributed by atoms with E-state index in [2.05, 4.69) is 9.97 Å². The van der Waals surface area contributed by atoms with Gasteiger partial charge < -0.3 is 14.2 Å². The van der Waals surface area contributed by atoms with Crippen LogP contribution in [0.25, 0.3) is 0 Å². The third kappa shape index (κ3) is 2.11. The molecule has 0 aliphatic heterocycles. The second-order valence-corrected chi connectivity index (χ2v) is 2.72. The lowest BCUT2D eigenvalue weighted by Crippen LogP contribution is -2.04. The Morgan fingerprint density at radius 2 is 1.79 bits per heavy atom. The summed E-state index contributed by atoms with van der Waals surface area (Å²) >= 11 is 0. The smallest absolute Gasteiger partial charge is 0.319 e. The highest BCUT2D eigenvalue weighted by molar-refractivity contribution is 5.30. The molecule has 0 spiro atoms. The summed E-state index contributed by atoms with van der Waals surface area (Å²) in [5.74, 6) is 0.496. The van der Waals surface area contributed by atoms with E-state index in [1.807, 2.05) is 6.92 Å². The minimum atomic E-state index is 0.305. The van der Waals surface area contributed by atoms with Gasteiger partial charge in [-0.25, -0.2) is 0 Å². The first-order chi connectivity index (χ1) is 6.72. The van der Waals surface area contributed by atoms with Gasteiger partial charge in [0, 0.05) is 7.11 Å². The van der Waals surface area contributed by atoms with Gasteiger partial charge >= 0.3 is 6.01 Å². The molecule has 1 aromatic rings. The van der Waals surface area contributed by atoms with Crippen molar-refractivity contribution in [2.45, 2.75) is 13.5 Å². The summed E-state index contributed by atoms with van der Waals surface area (Å²) in [6.45, 7) is 2.29. The molecule has 0 aliphatic carbocycles. The van der Waals surface area contributed by atoms with Gasteiger partial charge in [0.05, 0.1) is 32.1 Å². The first-order valence-electron chi connectivity index (χ1n) is 4.17. The lowest BCUT2D eigenvalue weighted by molar-refractivity contribution is 0.179. The normalized spacial score (nSPS) is 10.0. The van der Waals surface area contributed by atoms with E-state index in [4.69, 9.17) is 14.2 Å². The van der Waals surface area contributed by atoms with E-state index in [1.165, 1.54) is 7.11 Å². The molecular weight excluding hydrogens is 184 g/mol. The molecule has 0 N–H and O–H groups in total. The maximum Gasteiger partial charge on any atom is 0.319 e. The molecule has 0 fully saturated rings. The van der Waals surface area contributed by atoms with Crippen molar-refractivity contribution in [3.05, 3.63) is 11.3 Å². The molecule has 0 bridgehead atoms. The third-order valence-electron chi connectivity index (χ3n) is 1.82. The van der Waals surface area contributed by atoms with Crippen molar-refractivity contribution in [2.75, 3.05) is 21.3 Å². The number of hydrogen-bond donors (Lipinski definition) is 0. The molecule has 0 aromatic carbocycles. The lowest BCUT2D eigenvalue weighted by atomic mass is 10.2. The second-order valence-electron chi connectivity index (χ2n) is 2.72. The molecule has 14 heavy (non-hydrogen) atoms. The van der Waals surface area contributed by atoms with E-state index in [0.29, 0.717) is 18.5 Å². The van der Waals surface area contributed by atoms with E-state index in [9.17, 15) is 0 Å². The molecule has 1 heterocycles. The third-order valence-corrected chi connectivity index (χ3v) is 1.82. The molecule has 1 aromatic heterocycles. The summed E-state index contributed by atoms with van der Waals surface area (Å²) in [4.78, 5) is 8.18. The summed E-state index contributed by atoms with van der Waals surface area (Å²) in [6, 6.07) is 0.305. The molecule has 0 radical (unpaired) electrons. The Hall–Kier alpha value is -1.36. The minimum absolute atomic E-state index is 0.305. The van der Waals surface area contributed by atoms with Crippen LogP contribution in [0.2, 0.25) is 0 Å². The molecule has 0 aliphatic rings. The topological polar surface area (TPSA) is 53.5 Å². The fourth-order valence-electron chi connectivity index (χ4n) is 1.12.